The normalized spacial score (nSPS) is 13.7. The highest BCUT2D eigenvalue weighted by Crippen LogP contribution is 2.37. The second kappa shape index (κ2) is 6.58. The molecule has 1 aromatic carbocycles. The van der Waals surface area contributed by atoms with Gasteiger partial charge in [-0.25, -0.2) is 4.98 Å². The maximum atomic E-state index is 4.89. The number of benzene rings is 1. The highest BCUT2D eigenvalue weighted by molar-refractivity contribution is 7.15. The van der Waals surface area contributed by atoms with Crippen LogP contribution in [0.15, 0.2) is 24.3 Å². The van der Waals surface area contributed by atoms with Gasteiger partial charge in [0.15, 0.2) is 5.13 Å². The number of fused-ring (bicyclic) bond motifs is 1. The summed E-state index contributed by atoms with van der Waals surface area (Å²) in [7, 11) is 0. The first-order valence-electron chi connectivity index (χ1n) is 7.88. The fraction of sp³-hybridized carbons (Fsp3) is 0.471. The summed E-state index contributed by atoms with van der Waals surface area (Å²) in [6.45, 7) is 7.47. The molecule has 0 aliphatic carbocycles. The standard InChI is InChI=1S/C17H23N3S/c1-3-10-18-12-16-14(4-2)19-17(21-16)20-11-9-13-7-5-6-8-15(13)20/h5-8,18H,3-4,9-12H2,1-2H3. The van der Waals surface area contributed by atoms with Crippen LogP contribution in [0.1, 0.15) is 36.4 Å². The monoisotopic (exact) mass is 301 g/mol. The Morgan fingerprint density at radius 1 is 1.29 bits per heavy atom. The van der Waals surface area contributed by atoms with E-state index in [9.17, 15) is 0 Å². The highest BCUT2D eigenvalue weighted by atomic mass is 32.1. The van der Waals surface area contributed by atoms with Crippen LogP contribution in [0.2, 0.25) is 0 Å². The molecule has 21 heavy (non-hydrogen) atoms. The molecule has 4 heteroatoms. The smallest absolute Gasteiger partial charge is 0.190 e. The summed E-state index contributed by atoms with van der Waals surface area (Å²) in [4.78, 5) is 8.66. The minimum absolute atomic E-state index is 0.949. The Kier molecular flexibility index (Phi) is 4.56. The maximum absolute atomic E-state index is 4.89. The average molecular weight is 301 g/mol. The van der Waals surface area contributed by atoms with Gasteiger partial charge in [0, 0.05) is 23.7 Å². The maximum Gasteiger partial charge on any atom is 0.190 e. The first-order chi connectivity index (χ1) is 10.3. The number of aromatic nitrogens is 1. The van der Waals surface area contributed by atoms with Gasteiger partial charge in [0.25, 0.3) is 0 Å². The number of nitrogens with zero attached hydrogens (tertiary/aromatic N) is 2. The summed E-state index contributed by atoms with van der Waals surface area (Å²) >= 11 is 1.85. The van der Waals surface area contributed by atoms with E-state index in [1.807, 2.05) is 11.3 Å². The third kappa shape index (κ3) is 2.97. The molecular weight excluding hydrogens is 278 g/mol. The zero-order valence-electron chi connectivity index (χ0n) is 12.9. The van der Waals surface area contributed by atoms with E-state index >= 15 is 0 Å². The molecule has 0 saturated carbocycles. The lowest BCUT2D eigenvalue weighted by Gasteiger charge is -2.15. The van der Waals surface area contributed by atoms with Crippen molar-refractivity contribution < 1.29 is 0 Å². The number of aryl methyl sites for hydroxylation is 1. The molecule has 0 spiro atoms. The molecule has 0 amide bonds. The number of rotatable bonds is 6. The third-order valence-corrected chi connectivity index (χ3v) is 5.05. The van der Waals surface area contributed by atoms with Crippen molar-refractivity contribution in [2.45, 2.75) is 39.7 Å². The third-order valence-electron chi connectivity index (χ3n) is 3.93. The van der Waals surface area contributed by atoms with Gasteiger partial charge >= 0.3 is 0 Å². The predicted octanol–water partition coefficient (Wildman–Crippen LogP) is 3.90. The second-order valence-electron chi connectivity index (χ2n) is 5.43. The molecule has 1 N–H and O–H groups in total. The van der Waals surface area contributed by atoms with Crippen molar-refractivity contribution in [3.63, 3.8) is 0 Å². The quantitative estimate of drug-likeness (QED) is 0.820. The summed E-state index contributed by atoms with van der Waals surface area (Å²) in [6.07, 6.45) is 3.31. The van der Waals surface area contributed by atoms with Crippen LogP contribution in [-0.4, -0.2) is 18.1 Å². The van der Waals surface area contributed by atoms with Crippen LogP contribution in [0, 0.1) is 0 Å². The van der Waals surface area contributed by atoms with Gasteiger partial charge in [-0.2, -0.15) is 0 Å². The zero-order chi connectivity index (χ0) is 14.7. The minimum Gasteiger partial charge on any atom is -0.317 e. The van der Waals surface area contributed by atoms with Crippen LogP contribution < -0.4 is 10.2 Å². The van der Waals surface area contributed by atoms with Crippen molar-refractivity contribution in [1.82, 2.24) is 10.3 Å². The van der Waals surface area contributed by atoms with Gasteiger partial charge in [-0.1, -0.05) is 43.4 Å². The van der Waals surface area contributed by atoms with Crippen molar-refractivity contribution in [2.24, 2.45) is 0 Å². The molecule has 3 rings (SSSR count). The first kappa shape index (κ1) is 14.5. The summed E-state index contributed by atoms with van der Waals surface area (Å²) in [6, 6.07) is 8.69. The summed E-state index contributed by atoms with van der Waals surface area (Å²) < 4.78 is 0. The molecule has 0 saturated heterocycles. The number of hydrogen-bond acceptors (Lipinski definition) is 4. The Morgan fingerprint density at radius 2 is 2.14 bits per heavy atom. The van der Waals surface area contributed by atoms with E-state index < -0.39 is 0 Å². The Morgan fingerprint density at radius 3 is 2.95 bits per heavy atom. The van der Waals surface area contributed by atoms with E-state index in [-0.39, 0.29) is 0 Å². The van der Waals surface area contributed by atoms with E-state index in [0.717, 1.165) is 37.6 Å². The summed E-state index contributed by atoms with van der Waals surface area (Å²) in [5.74, 6) is 0. The second-order valence-corrected chi connectivity index (χ2v) is 6.49. The SMILES string of the molecule is CCCNCc1sc(N2CCc3ccccc32)nc1CC. The minimum atomic E-state index is 0.949. The molecular formula is C17H23N3S. The predicted molar refractivity (Wildman–Crippen MR) is 90.6 cm³/mol. The number of para-hydroxylation sites is 1. The van der Waals surface area contributed by atoms with E-state index in [1.54, 1.807) is 0 Å². The molecule has 0 fully saturated rings. The topological polar surface area (TPSA) is 28.2 Å². The lowest BCUT2D eigenvalue weighted by atomic mass is 10.2. The Labute approximate surface area is 131 Å². The fourth-order valence-corrected chi connectivity index (χ4v) is 3.97. The van der Waals surface area contributed by atoms with E-state index in [1.165, 1.54) is 28.2 Å². The number of anilines is 2. The van der Waals surface area contributed by atoms with Gasteiger partial charge < -0.3 is 10.2 Å². The molecule has 2 aromatic rings. The van der Waals surface area contributed by atoms with Gasteiger partial charge in [0.2, 0.25) is 0 Å². The Hall–Kier alpha value is -1.39. The van der Waals surface area contributed by atoms with Gasteiger partial charge in [-0.15, -0.1) is 0 Å². The molecule has 1 aromatic heterocycles. The van der Waals surface area contributed by atoms with E-state index in [2.05, 4.69) is 48.3 Å². The van der Waals surface area contributed by atoms with Crippen molar-refractivity contribution in [3.8, 4) is 0 Å². The molecule has 2 heterocycles. The largest absolute Gasteiger partial charge is 0.317 e. The van der Waals surface area contributed by atoms with Gasteiger partial charge in [0.1, 0.15) is 0 Å². The summed E-state index contributed by atoms with van der Waals surface area (Å²) in [5.41, 5.74) is 4.03. The summed E-state index contributed by atoms with van der Waals surface area (Å²) in [5, 5.41) is 4.66. The number of hydrogen-bond donors (Lipinski definition) is 1. The molecule has 0 unspecified atom stereocenters. The molecule has 0 bridgehead atoms. The molecule has 1 aliphatic rings. The van der Waals surface area contributed by atoms with Crippen LogP contribution in [0.25, 0.3) is 0 Å². The van der Waals surface area contributed by atoms with Crippen LogP contribution >= 0.6 is 11.3 Å². The van der Waals surface area contributed by atoms with Crippen LogP contribution in [0.4, 0.5) is 10.8 Å². The number of thiazole rings is 1. The lowest BCUT2D eigenvalue weighted by Crippen LogP contribution is -2.13. The van der Waals surface area contributed by atoms with Gasteiger partial charge in [-0.05, 0) is 37.4 Å². The molecule has 3 nitrogen and oxygen atoms in total. The average Bonchev–Trinajstić information content (AvgIpc) is 3.11. The molecule has 112 valence electrons. The fourth-order valence-electron chi connectivity index (χ4n) is 2.82. The first-order valence-corrected chi connectivity index (χ1v) is 8.69. The Bertz CT molecular complexity index is 606. The van der Waals surface area contributed by atoms with Gasteiger partial charge in [-0.3, -0.25) is 0 Å². The van der Waals surface area contributed by atoms with Crippen LogP contribution in [0.5, 0.6) is 0 Å². The van der Waals surface area contributed by atoms with Crippen molar-refractivity contribution in [3.05, 3.63) is 40.4 Å². The van der Waals surface area contributed by atoms with Crippen molar-refractivity contribution in [1.29, 1.82) is 0 Å². The highest BCUT2D eigenvalue weighted by Gasteiger charge is 2.23. The van der Waals surface area contributed by atoms with Crippen molar-refractivity contribution >= 4 is 22.2 Å². The lowest BCUT2D eigenvalue weighted by molar-refractivity contribution is 0.676. The van der Waals surface area contributed by atoms with Crippen LogP contribution in [-0.2, 0) is 19.4 Å². The number of nitrogens with one attached hydrogen (secondary N) is 1. The zero-order valence-corrected chi connectivity index (χ0v) is 13.7. The van der Waals surface area contributed by atoms with Crippen LogP contribution in [0.3, 0.4) is 0 Å². The Balaban J connectivity index is 1.83. The van der Waals surface area contributed by atoms with Gasteiger partial charge in [0.05, 0.1) is 5.69 Å². The molecule has 0 atom stereocenters. The molecule has 1 aliphatic heterocycles. The van der Waals surface area contributed by atoms with E-state index in [0.29, 0.717) is 0 Å². The van der Waals surface area contributed by atoms with E-state index in [4.69, 9.17) is 4.98 Å². The van der Waals surface area contributed by atoms with Crippen molar-refractivity contribution in [2.75, 3.05) is 18.0 Å². The molecule has 0 radical (unpaired) electrons.